The quantitative estimate of drug-likeness (QED) is 0.536. The van der Waals surface area contributed by atoms with Gasteiger partial charge in [-0.05, 0) is 24.3 Å². The zero-order valence-electron chi connectivity index (χ0n) is 16.5. The second-order valence-electron chi connectivity index (χ2n) is 7.88. The summed E-state index contributed by atoms with van der Waals surface area (Å²) in [7, 11) is 0. The van der Waals surface area contributed by atoms with E-state index in [9.17, 15) is 9.18 Å². The molecule has 1 amide bonds. The smallest absolute Gasteiger partial charge is 0.230 e. The Morgan fingerprint density at radius 2 is 2.03 bits per heavy atom. The number of halogens is 1. The molecule has 0 bridgehead atoms. The molecule has 7 nitrogen and oxygen atoms in total. The molecule has 2 aliphatic rings. The Bertz CT molecular complexity index is 1250. The van der Waals surface area contributed by atoms with Crippen LogP contribution in [0.3, 0.4) is 0 Å². The molecular weight excluding hydrogens is 415 g/mol. The van der Waals surface area contributed by atoms with Crippen molar-refractivity contribution in [1.29, 1.82) is 0 Å². The third kappa shape index (κ3) is 2.99. The molecule has 4 aromatic rings. The van der Waals surface area contributed by atoms with Gasteiger partial charge in [-0.15, -0.1) is 11.3 Å². The fourth-order valence-corrected chi connectivity index (χ4v) is 5.51. The van der Waals surface area contributed by atoms with Gasteiger partial charge in [0.15, 0.2) is 11.6 Å². The van der Waals surface area contributed by atoms with Crippen LogP contribution in [0.1, 0.15) is 22.4 Å². The van der Waals surface area contributed by atoms with Gasteiger partial charge in [-0.1, -0.05) is 12.1 Å². The summed E-state index contributed by atoms with van der Waals surface area (Å²) >= 11 is 1.60. The highest BCUT2D eigenvalue weighted by Gasteiger charge is 2.43. The lowest BCUT2D eigenvalue weighted by atomic mass is 9.94. The molecular formula is C22H19FN6OS. The van der Waals surface area contributed by atoms with Gasteiger partial charge in [0.05, 0.1) is 28.2 Å². The number of amides is 1. The maximum Gasteiger partial charge on any atom is 0.230 e. The molecule has 0 spiro atoms. The number of carbonyl (C=O) groups excluding carboxylic acids is 1. The van der Waals surface area contributed by atoms with Crippen LogP contribution in [0.4, 0.5) is 10.2 Å². The van der Waals surface area contributed by atoms with Gasteiger partial charge in [0, 0.05) is 37.9 Å². The number of nitrogens with one attached hydrogen (secondary N) is 1. The highest BCUT2D eigenvalue weighted by atomic mass is 32.1. The summed E-state index contributed by atoms with van der Waals surface area (Å²) in [6.45, 7) is 1.52. The van der Waals surface area contributed by atoms with E-state index in [2.05, 4.69) is 15.0 Å². The number of aromatic nitrogens is 4. The molecule has 0 aliphatic carbocycles. The van der Waals surface area contributed by atoms with Crippen molar-refractivity contribution in [2.45, 2.75) is 12.5 Å². The molecule has 1 atom stereocenters. The van der Waals surface area contributed by atoms with E-state index in [1.165, 1.54) is 6.07 Å². The minimum Gasteiger partial charge on any atom is -0.352 e. The van der Waals surface area contributed by atoms with Gasteiger partial charge in [0.25, 0.3) is 0 Å². The number of imidazole rings is 1. The molecule has 31 heavy (non-hydrogen) atoms. The van der Waals surface area contributed by atoms with E-state index in [0.717, 1.165) is 33.0 Å². The Labute approximate surface area is 181 Å². The number of nitrogens with zero attached hydrogens (tertiary/aromatic N) is 5. The number of hydrogen-bond donors (Lipinski definition) is 1. The Morgan fingerprint density at radius 1 is 1.16 bits per heavy atom. The van der Waals surface area contributed by atoms with Gasteiger partial charge in [-0.2, -0.15) is 0 Å². The fourth-order valence-electron chi connectivity index (χ4n) is 4.42. The van der Waals surface area contributed by atoms with Crippen molar-refractivity contribution >= 4 is 33.3 Å². The average molecular weight is 435 g/mol. The van der Waals surface area contributed by atoms with Crippen LogP contribution in [0.25, 0.3) is 10.2 Å². The summed E-state index contributed by atoms with van der Waals surface area (Å²) in [5.74, 6) is -0.188. The van der Waals surface area contributed by atoms with E-state index in [-0.39, 0.29) is 23.7 Å². The summed E-state index contributed by atoms with van der Waals surface area (Å²) in [5, 5.41) is 0.870. The SMILES string of the molecule is O=C(C1CN(c2ncccc2F)C1)N1CCc2[nH]cnc2[C@H]1c1nc2ccccc2s1. The first kappa shape index (κ1) is 18.4. The van der Waals surface area contributed by atoms with E-state index in [0.29, 0.717) is 25.5 Å². The third-order valence-corrected chi connectivity index (χ3v) is 7.11. The molecule has 6 rings (SSSR count). The van der Waals surface area contributed by atoms with Crippen LogP contribution >= 0.6 is 11.3 Å². The first-order chi connectivity index (χ1) is 15.2. The summed E-state index contributed by atoms with van der Waals surface area (Å²) in [6.07, 6.45) is 3.99. The minimum atomic E-state index is -0.361. The number of fused-ring (bicyclic) bond motifs is 2. The highest BCUT2D eigenvalue weighted by molar-refractivity contribution is 7.18. The molecule has 1 aromatic carbocycles. The van der Waals surface area contributed by atoms with Crippen LogP contribution < -0.4 is 4.90 Å². The second kappa shape index (κ2) is 7.12. The van der Waals surface area contributed by atoms with Gasteiger partial charge in [-0.3, -0.25) is 4.79 Å². The molecule has 3 aromatic heterocycles. The zero-order valence-corrected chi connectivity index (χ0v) is 17.3. The second-order valence-corrected chi connectivity index (χ2v) is 8.94. The number of pyridine rings is 1. The van der Waals surface area contributed by atoms with Gasteiger partial charge >= 0.3 is 0 Å². The molecule has 1 fully saturated rings. The first-order valence-corrected chi connectivity index (χ1v) is 11.0. The summed E-state index contributed by atoms with van der Waals surface area (Å²) in [4.78, 5) is 33.9. The van der Waals surface area contributed by atoms with E-state index in [1.807, 2.05) is 34.1 Å². The molecule has 5 heterocycles. The van der Waals surface area contributed by atoms with Crippen molar-refractivity contribution < 1.29 is 9.18 Å². The lowest BCUT2D eigenvalue weighted by molar-refractivity contribution is -0.138. The van der Waals surface area contributed by atoms with Crippen LogP contribution in [0.15, 0.2) is 48.9 Å². The summed E-state index contributed by atoms with van der Waals surface area (Å²) < 4.78 is 15.1. The van der Waals surface area contributed by atoms with Gasteiger partial charge in [0.1, 0.15) is 11.0 Å². The van der Waals surface area contributed by atoms with Crippen molar-refractivity contribution in [3.8, 4) is 0 Å². The van der Waals surface area contributed by atoms with Crippen LogP contribution in [-0.4, -0.2) is 50.4 Å². The average Bonchev–Trinajstić information content (AvgIpc) is 3.39. The monoisotopic (exact) mass is 434 g/mol. The van der Waals surface area contributed by atoms with Crippen molar-refractivity contribution in [3.63, 3.8) is 0 Å². The molecule has 0 radical (unpaired) electrons. The van der Waals surface area contributed by atoms with E-state index in [1.54, 1.807) is 29.9 Å². The Hall–Kier alpha value is -3.33. The lowest BCUT2D eigenvalue weighted by Gasteiger charge is -2.43. The molecule has 2 aliphatic heterocycles. The zero-order chi connectivity index (χ0) is 20.9. The van der Waals surface area contributed by atoms with E-state index in [4.69, 9.17) is 4.98 Å². The van der Waals surface area contributed by atoms with Crippen LogP contribution in [-0.2, 0) is 11.2 Å². The number of carbonyl (C=O) groups is 1. The van der Waals surface area contributed by atoms with Gasteiger partial charge in [0.2, 0.25) is 5.91 Å². The number of aromatic amines is 1. The predicted octanol–water partition coefficient (Wildman–Crippen LogP) is 3.16. The van der Waals surface area contributed by atoms with Crippen molar-refractivity contribution in [3.05, 3.63) is 71.1 Å². The summed E-state index contributed by atoms with van der Waals surface area (Å²) in [6, 6.07) is 10.6. The maximum atomic E-state index is 14.0. The fraction of sp³-hybridized carbons (Fsp3) is 0.273. The predicted molar refractivity (Wildman–Crippen MR) is 115 cm³/mol. The van der Waals surface area contributed by atoms with E-state index >= 15 is 0 Å². The van der Waals surface area contributed by atoms with Gasteiger partial charge < -0.3 is 14.8 Å². The largest absolute Gasteiger partial charge is 0.352 e. The topological polar surface area (TPSA) is 78.0 Å². The lowest BCUT2D eigenvalue weighted by Crippen LogP contribution is -2.56. The number of H-pyrrole nitrogens is 1. The molecule has 9 heteroatoms. The first-order valence-electron chi connectivity index (χ1n) is 10.2. The number of benzene rings is 1. The number of hydrogen-bond acceptors (Lipinski definition) is 6. The normalized spacial score (nSPS) is 18.8. The number of rotatable bonds is 3. The maximum absolute atomic E-state index is 14.0. The Balaban J connectivity index is 1.29. The Kier molecular flexibility index (Phi) is 4.24. The number of anilines is 1. The van der Waals surface area contributed by atoms with Crippen LogP contribution in [0.2, 0.25) is 0 Å². The minimum absolute atomic E-state index is 0.0606. The number of para-hydroxylation sites is 1. The van der Waals surface area contributed by atoms with E-state index < -0.39 is 0 Å². The standard InChI is InChI=1S/C22H19FN6OS/c23-14-4-3-8-24-20(14)28-10-13(11-28)22(30)29-9-7-16-18(26-12-25-16)19(29)21-27-15-5-1-2-6-17(15)31-21/h1-6,8,12-13,19H,7,9-11H2,(H,25,26)/t19-/m0/s1. The van der Waals surface area contributed by atoms with Crippen molar-refractivity contribution in [2.24, 2.45) is 5.92 Å². The third-order valence-electron chi connectivity index (χ3n) is 6.02. The molecule has 0 unspecified atom stereocenters. The Morgan fingerprint density at radius 3 is 2.87 bits per heavy atom. The van der Waals surface area contributed by atoms with Crippen LogP contribution in [0, 0.1) is 11.7 Å². The van der Waals surface area contributed by atoms with Crippen molar-refractivity contribution in [1.82, 2.24) is 24.8 Å². The number of thiazole rings is 1. The van der Waals surface area contributed by atoms with Crippen molar-refractivity contribution in [2.75, 3.05) is 24.5 Å². The molecule has 0 saturated carbocycles. The van der Waals surface area contributed by atoms with Crippen LogP contribution in [0.5, 0.6) is 0 Å². The summed E-state index contributed by atoms with van der Waals surface area (Å²) in [5.41, 5.74) is 2.85. The van der Waals surface area contributed by atoms with Gasteiger partial charge in [-0.25, -0.2) is 19.3 Å². The highest BCUT2D eigenvalue weighted by Crippen LogP contribution is 2.39. The molecule has 156 valence electrons. The molecule has 1 saturated heterocycles. The molecule has 1 N–H and O–H groups in total.